The first kappa shape index (κ1) is 64.5. The summed E-state index contributed by atoms with van der Waals surface area (Å²) < 4.78 is 85.2. The fourth-order valence-corrected chi connectivity index (χ4v) is 18.6. The van der Waals surface area contributed by atoms with Gasteiger partial charge in [-0.15, -0.1) is 0 Å². The molecule has 119 heavy (non-hydrogen) atoms. The van der Waals surface area contributed by atoms with E-state index < -0.39 is 30.3 Å². The maximum Gasteiger partial charge on any atom is 0.252 e. The van der Waals surface area contributed by atoms with Gasteiger partial charge in [-0.25, -0.2) is 0 Å². The van der Waals surface area contributed by atoms with Gasteiger partial charge in [0.2, 0.25) is 0 Å². The van der Waals surface area contributed by atoms with Crippen molar-refractivity contribution >= 4 is 140 Å². The summed E-state index contributed by atoms with van der Waals surface area (Å²) in [6, 6.07) is 108. The number of benzene rings is 16. The fourth-order valence-electron chi connectivity index (χ4n) is 18.6. The molecule has 0 spiro atoms. The number of fused-ring (bicyclic) bond motifs is 13. The quantitative estimate of drug-likeness (QED) is 0.121. The van der Waals surface area contributed by atoms with Gasteiger partial charge < -0.3 is 28.4 Å². The smallest absolute Gasteiger partial charge is 0.252 e. The van der Waals surface area contributed by atoms with Gasteiger partial charge in [-0.3, -0.25) is 0 Å². The van der Waals surface area contributed by atoms with Crippen LogP contribution < -0.4 is 31.1 Å². The third-order valence-electron chi connectivity index (χ3n) is 24.8. The highest BCUT2D eigenvalue weighted by Gasteiger charge is 2.46. The van der Waals surface area contributed by atoms with Crippen LogP contribution in [0.4, 0.5) is 51.2 Å². The van der Waals surface area contributed by atoms with Crippen molar-refractivity contribution in [2.75, 3.05) is 14.7 Å². The SMILES string of the molecule is [2H]c1c([2H])c([2H])c(N(c2ccccc2)c2ccc3c(c2)c2c([2H])c(-n4c5ccccc5c5ccccc54)c([2H])c([2H])c2n3-c2ccc3c(c2)N(c2ccc(C(C)(C)C)cc2-c2ccccc2)c2cc(C(C)(C)C)cc4c2B3c2ccc(-n3c5ccc(C(C)(C)C)cc5c5cc(C(C)(C)C)ccc53)cc2N4c2cc(-c3ccccc3)cc(-c3ccccc3)c2)c([2H])c1[2H]. The first-order valence-corrected chi connectivity index (χ1v) is 41.5. The molecule has 3 aromatic heterocycles. The highest BCUT2D eigenvalue weighted by Crippen LogP contribution is 2.53. The van der Waals surface area contributed by atoms with Crippen molar-refractivity contribution in [2.45, 2.75) is 105 Å². The molecule has 0 unspecified atom stereocenters. The lowest BCUT2D eigenvalue weighted by Crippen LogP contribution is -2.61. The molecular formula is C112H95BN6. The van der Waals surface area contributed by atoms with Crippen molar-refractivity contribution in [2.24, 2.45) is 0 Å². The molecule has 0 saturated carbocycles. The molecule has 0 atom stereocenters. The minimum absolute atomic E-state index is 0.0119. The van der Waals surface area contributed by atoms with E-state index in [0.717, 1.165) is 128 Å². The topological polar surface area (TPSA) is 24.5 Å². The lowest BCUT2D eigenvalue weighted by atomic mass is 9.33. The molecule has 0 amide bonds. The molecule has 19 aromatic rings. The van der Waals surface area contributed by atoms with Crippen LogP contribution in [0.1, 0.15) is 116 Å². The minimum atomic E-state index is -0.512. The lowest BCUT2D eigenvalue weighted by Gasteiger charge is -2.45. The number of anilines is 9. The molecule has 16 aromatic carbocycles. The molecular weight excluding hydrogens is 1440 g/mol. The Morgan fingerprint density at radius 1 is 0.261 bits per heavy atom. The Kier molecular flexibility index (Phi) is 14.9. The first-order valence-electron chi connectivity index (χ1n) is 45.5. The van der Waals surface area contributed by atoms with Crippen LogP contribution in [-0.4, -0.2) is 20.4 Å². The van der Waals surface area contributed by atoms with Crippen LogP contribution in [0.25, 0.3) is 116 Å². The average molecular weight is 1540 g/mol. The van der Waals surface area contributed by atoms with E-state index in [4.69, 9.17) is 4.11 Å². The monoisotopic (exact) mass is 1540 g/mol. The number of hydrogen-bond donors (Lipinski definition) is 0. The zero-order valence-electron chi connectivity index (χ0n) is 77.2. The zero-order valence-corrected chi connectivity index (χ0v) is 69.2. The van der Waals surface area contributed by atoms with Gasteiger partial charge in [-0.1, -0.05) is 277 Å². The number of nitrogens with zero attached hydrogens (tertiary/aromatic N) is 6. The first-order chi connectivity index (χ1) is 60.9. The molecule has 0 bridgehead atoms. The van der Waals surface area contributed by atoms with E-state index in [9.17, 15) is 6.85 Å². The Labute approximate surface area is 710 Å². The third-order valence-corrected chi connectivity index (χ3v) is 24.8. The van der Waals surface area contributed by atoms with E-state index in [1.54, 1.807) is 4.90 Å². The Balaban J connectivity index is 0.894. The van der Waals surface area contributed by atoms with Gasteiger partial charge in [0.15, 0.2) is 0 Å². The molecule has 576 valence electrons. The van der Waals surface area contributed by atoms with E-state index in [1.807, 2.05) is 89.5 Å². The van der Waals surface area contributed by atoms with E-state index in [0.29, 0.717) is 38.9 Å². The maximum absolute atomic E-state index is 11.1. The van der Waals surface area contributed by atoms with Gasteiger partial charge in [0.25, 0.3) is 6.71 Å². The van der Waals surface area contributed by atoms with Crippen LogP contribution in [0.5, 0.6) is 0 Å². The van der Waals surface area contributed by atoms with Crippen molar-refractivity contribution in [3.05, 3.63) is 380 Å². The van der Waals surface area contributed by atoms with Crippen LogP contribution in [0.15, 0.2) is 358 Å². The largest absolute Gasteiger partial charge is 0.311 e. The molecule has 7 heteroatoms. The molecule has 6 nitrogen and oxygen atoms in total. The second-order valence-electron chi connectivity index (χ2n) is 36.4. The van der Waals surface area contributed by atoms with Crippen LogP contribution in [0.3, 0.4) is 0 Å². The Hall–Kier alpha value is -13.6. The number of rotatable bonds is 11. The number of aromatic nitrogens is 3. The van der Waals surface area contributed by atoms with Gasteiger partial charge in [-0.2, -0.15) is 0 Å². The van der Waals surface area contributed by atoms with Gasteiger partial charge in [0.05, 0.1) is 49.8 Å². The Morgan fingerprint density at radius 2 is 0.706 bits per heavy atom. The zero-order chi connectivity index (χ0) is 88.1. The normalized spacial score (nSPS) is 13.9. The van der Waals surface area contributed by atoms with E-state index in [-0.39, 0.29) is 57.8 Å². The molecule has 5 heterocycles. The minimum Gasteiger partial charge on any atom is -0.311 e. The van der Waals surface area contributed by atoms with Gasteiger partial charge in [0.1, 0.15) is 0 Å². The van der Waals surface area contributed by atoms with Crippen molar-refractivity contribution in [1.29, 1.82) is 0 Å². The van der Waals surface area contributed by atoms with Crippen molar-refractivity contribution in [3.63, 3.8) is 0 Å². The Bertz CT molecular complexity index is 7590. The molecule has 0 N–H and O–H groups in total. The Morgan fingerprint density at radius 3 is 1.25 bits per heavy atom. The van der Waals surface area contributed by atoms with Gasteiger partial charge >= 0.3 is 0 Å². The molecule has 0 fully saturated rings. The standard InChI is InChI=1S/C112H95BN6/c1-109(2,3)77-46-55-99(90(63-77)74-36-22-15-23-37-74)119-105-71-86(117-102-58-51-83(114(81-38-24-16-25-39-81)82-40-26-17-27-41-82)68-93(102)94-69-84(52-59-103(94)117)115-97-44-30-28-42-88(97)89-43-29-31-45-98(89)115)50-54-96(105)113-95-53-49-85(116-100-56-47-78(110(4,5)6)64-91(100)92-65-79(111(7,8)9)48-57-101(92)116)70-104(95)118(106-66-80(112(10,11)12)67-107(119)108(106)113)87-61-75(72-32-18-13-19-33-72)60-76(62-87)73-34-20-14-21-35-73/h13-71H,1-12H3/i16D,24D,25D,38D,39D,52D,59D,69D. The molecule has 0 radical (unpaired) electrons. The van der Waals surface area contributed by atoms with Gasteiger partial charge in [-0.05, 0) is 252 Å². The highest BCUT2D eigenvalue weighted by atomic mass is 15.2. The molecule has 2 aliphatic rings. The lowest BCUT2D eigenvalue weighted by molar-refractivity contribution is 0.590. The number of hydrogen-bond acceptors (Lipinski definition) is 3. The summed E-state index contributed by atoms with van der Waals surface area (Å²) in [5.41, 5.74) is 27.0. The third kappa shape index (κ3) is 12.2. The van der Waals surface area contributed by atoms with E-state index >= 15 is 0 Å². The van der Waals surface area contributed by atoms with Crippen molar-refractivity contribution in [1.82, 2.24) is 13.7 Å². The molecule has 2 aliphatic heterocycles. The van der Waals surface area contributed by atoms with Crippen LogP contribution in [0.2, 0.25) is 0 Å². The van der Waals surface area contributed by atoms with Crippen LogP contribution in [-0.2, 0) is 21.7 Å². The predicted molar refractivity (Wildman–Crippen MR) is 509 cm³/mol. The molecule has 21 rings (SSSR count). The summed E-state index contributed by atoms with van der Waals surface area (Å²) in [4.78, 5) is 6.79. The summed E-state index contributed by atoms with van der Waals surface area (Å²) >= 11 is 0. The molecule has 0 aliphatic carbocycles. The second kappa shape index (κ2) is 27.5. The maximum atomic E-state index is 11.1. The highest BCUT2D eigenvalue weighted by molar-refractivity contribution is 7.00. The fraction of sp³-hybridized carbons (Fsp3) is 0.143. The van der Waals surface area contributed by atoms with Crippen LogP contribution >= 0.6 is 0 Å². The van der Waals surface area contributed by atoms with E-state index in [2.05, 4.69) is 326 Å². The summed E-state index contributed by atoms with van der Waals surface area (Å²) in [7, 11) is 0. The summed E-state index contributed by atoms with van der Waals surface area (Å²) in [5.74, 6) is 0. The second-order valence-corrected chi connectivity index (χ2v) is 36.4. The predicted octanol–water partition coefficient (Wildman–Crippen LogP) is 28.7. The average Bonchev–Trinajstić information content (AvgIpc) is 1.58. The summed E-state index contributed by atoms with van der Waals surface area (Å²) in [6.45, 7) is 27.1. The van der Waals surface area contributed by atoms with Crippen molar-refractivity contribution in [3.8, 4) is 50.4 Å². The summed E-state index contributed by atoms with van der Waals surface area (Å²) in [6.07, 6.45) is 0. The van der Waals surface area contributed by atoms with E-state index in [1.165, 1.54) is 27.5 Å². The van der Waals surface area contributed by atoms with Crippen molar-refractivity contribution < 1.29 is 11.0 Å². The van der Waals surface area contributed by atoms with Gasteiger partial charge in [0, 0.05) is 100 Å². The summed E-state index contributed by atoms with van der Waals surface area (Å²) in [5, 5.41) is 5.20. The van der Waals surface area contributed by atoms with Crippen LogP contribution in [0, 0.1) is 0 Å². The molecule has 0 saturated heterocycles. The number of para-hydroxylation sites is 4.